The maximum atomic E-state index is 12.7. The second-order valence-electron chi connectivity index (χ2n) is 6.08. The maximum absolute atomic E-state index is 12.7. The molecule has 0 saturated heterocycles. The van der Waals surface area contributed by atoms with Gasteiger partial charge in [-0.15, -0.1) is 0 Å². The second-order valence-corrected chi connectivity index (χ2v) is 6.08. The van der Waals surface area contributed by atoms with Crippen LogP contribution in [0.25, 0.3) is 0 Å². The normalized spacial score (nSPS) is 11.3. The Morgan fingerprint density at radius 1 is 1.13 bits per heavy atom. The molecule has 0 aromatic heterocycles. The largest absolute Gasteiger partial charge is 0.504 e. The molecule has 0 aliphatic heterocycles. The fourth-order valence-electron chi connectivity index (χ4n) is 2.34. The van der Waals surface area contributed by atoms with Crippen LogP contribution < -0.4 is 15.5 Å². The van der Waals surface area contributed by atoms with E-state index in [0.717, 1.165) is 12.1 Å². The van der Waals surface area contributed by atoms with Gasteiger partial charge in [0.05, 0.1) is 18.4 Å². The Labute approximate surface area is 170 Å². The van der Waals surface area contributed by atoms with Gasteiger partial charge in [0.15, 0.2) is 11.5 Å². The topological polar surface area (TPSA) is 100 Å². The van der Waals surface area contributed by atoms with Crippen molar-refractivity contribution < 1.29 is 32.6 Å². The molecule has 10 heteroatoms. The van der Waals surface area contributed by atoms with Crippen LogP contribution in [-0.4, -0.2) is 29.7 Å². The van der Waals surface area contributed by atoms with Crippen molar-refractivity contribution in [3.63, 3.8) is 0 Å². The van der Waals surface area contributed by atoms with Crippen molar-refractivity contribution >= 4 is 23.7 Å². The number of hydrogen-bond donors (Lipinski definition) is 3. The van der Waals surface area contributed by atoms with Crippen LogP contribution in [0, 0.1) is 0 Å². The number of halogens is 3. The van der Waals surface area contributed by atoms with E-state index < -0.39 is 23.6 Å². The first-order chi connectivity index (χ1) is 14.2. The van der Waals surface area contributed by atoms with E-state index in [1.807, 2.05) is 0 Å². The zero-order valence-electron chi connectivity index (χ0n) is 16.0. The molecule has 2 rings (SSSR count). The standard InChI is InChI=1S/C20H20F3N3O4/c1-2-30-17-10-13(6-7-16(17)27)12-24-26-19(29)9-8-18(28)25-15-5-3-4-14(11-15)20(21,22)23/h3-7,10-12,27H,2,8-9H2,1H3,(H,25,28)(H,26,29). The van der Waals surface area contributed by atoms with Gasteiger partial charge in [-0.25, -0.2) is 5.43 Å². The molecule has 2 aromatic carbocycles. The van der Waals surface area contributed by atoms with Gasteiger partial charge in [0, 0.05) is 18.5 Å². The van der Waals surface area contributed by atoms with Gasteiger partial charge in [-0.1, -0.05) is 6.07 Å². The number of phenols is 1. The monoisotopic (exact) mass is 423 g/mol. The molecule has 30 heavy (non-hydrogen) atoms. The fourth-order valence-corrected chi connectivity index (χ4v) is 2.34. The van der Waals surface area contributed by atoms with E-state index in [-0.39, 0.29) is 30.0 Å². The minimum atomic E-state index is -4.51. The summed E-state index contributed by atoms with van der Waals surface area (Å²) in [6.45, 7) is 2.14. The summed E-state index contributed by atoms with van der Waals surface area (Å²) in [6.07, 6.45) is -3.62. The maximum Gasteiger partial charge on any atom is 0.416 e. The second kappa shape index (κ2) is 10.3. The van der Waals surface area contributed by atoms with Crippen molar-refractivity contribution in [1.29, 1.82) is 0 Å². The number of hydrazone groups is 1. The fraction of sp³-hybridized carbons (Fsp3) is 0.250. The number of alkyl halides is 3. The SMILES string of the molecule is CCOc1cc(C=NNC(=O)CCC(=O)Nc2cccc(C(F)(F)F)c2)ccc1O. The smallest absolute Gasteiger partial charge is 0.416 e. The number of nitrogens with one attached hydrogen (secondary N) is 2. The van der Waals surface area contributed by atoms with Gasteiger partial charge in [-0.3, -0.25) is 9.59 Å². The van der Waals surface area contributed by atoms with Gasteiger partial charge < -0.3 is 15.2 Å². The predicted octanol–water partition coefficient (Wildman–Crippen LogP) is 3.68. The average molecular weight is 423 g/mol. The summed E-state index contributed by atoms with van der Waals surface area (Å²) in [6, 6.07) is 8.74. The molecule has 0 aliphatic rings. The lowest BCUT2D eigenvalue weighted by molar-refractivity contribution is -0.137. The van der Waals surface area contributed by atoms with Crippen molar-refractivity contribution in [2.24, 2.45) is 5.10 Å². The zero-order valence-corrected chi connectivity index (χ0v) is 16.0. The van der Waals surface area contributed by atoms with Gasteiger partial charge in [0.1, 0.15) is 0 Å². The van der Waals surface area contributed by atoms with E-state index in [1.54, 1.807) is 13.0 Å². The third kappa shape index (κ3) is 7.12. The first-order valence-electron chi connectivity index (χ1n) is 8.94. The minimum absolute atomic E-state index is 0.00862. The van der Waals surface area contributed by atoms with E-state index in [2.05, 4.69) is 15.8 Å². The molecule has 0 unspecified atom stereocenters. The molecule has 2 amide bonds. The molecule has 0 fully saturated rings. The number of anilines is 1. The van der Waals surface area contributed by atoms with Gasteiger partial charge in [-0.2, -0.15) is 18.3 Å². The highest BCUT2D eigenvalue weighted by Crippen LogP contribution is 2.30. The van der Waals surface area contributed by atoms with Crippen molar-refractivity contribution in [3.05, 3.63) is 53.6 Å². The Morgan fingerprint density at radius 2 is 1.87 bits per heavy atom. The molecule has 7 nitrogen and oxygen atoms in total. The molecular weight excluding hydrogens is 403 g/mol. The number of phenolic OH excluding ortho intramolecular Hbond substituents is 1. The number of carbonyl (C=O) groups excluding carboxylic acids is 2. The molecule has 0 spiro atoms. The third-order valence-corrected chi connectivity index (χ3v) is 3.74. The minimum Gasteiger partial charge on any atom is -0.504 e. The summed E-state index contributed by atoms with van der Waals surface area (Å²) in [5.41, 5.74) is 1.92. The van der Waals surface area contributed by atoms with Crippen LogP contribution in [0.15, 0.2) is 47.6 Å². The van der Waals surface area contributed by atoms with Crippen LogP contribution >= 0.6 is 0 Å². The Bertz CT molecular complexity index is 930. The molecule has 2 aromatic rings. The molecule has 160 valence electrons. The molecule has 0 atom stereocenters. The molecule has 3 N–H and O–H groups in total. The van der Waals surface area contributed by atoms with Crippen LogP contribution in [0.1, 0.15) is 30.9 Å². The van der Waals surface area contributed by atoms with Gasteiger partial charge in [-0.05, 0) is 48.9 Å². The molecule has 0 saturated carbocycles. The number of hydrogen-bond acceptors (Lipinski definition) is 5. The molecule has 0 radical (unpaired) electrons. The number of nitrogens with zero attached hydrogens (tertiary/aromatic N) is 1. The first-order valence-corrected chi connectivity index (χ1v) is 8.94. The predicted molar refractivity (Wildman–Crippen MR) is 104 cm³/mol. The number of rotatable bonds is 8. The number of aromatic hydroxyl groups is 1. The van der Waals surface area contributed by atoms with E-state index in [1.165, 1.54) is 30.5 Å². The average Bonchev–Trinajstić information content (AvgIpc) is 2.68. The van der Waals surface area contributed by atoms with Gasteiger partial charge in [0.25, 0.3) is 0 Å². The summed E-state index contributed by atoms with van der Waals surface area (Å²) in [7, 11) is 0. The van der Waals surface area contributed by atoms with Crippen molar-refractivity contribution in [2.45, 2.75) is 25.9 Å². The van der Waals surface area contributed by atoms with Crippen LogP contribution in [0.3, 0.4) is 0 Å². The van der Waals surface area contributed by atoms with Crippen LogP contribution in [0.2, 0.25) is 0 Å². The van der Waals surface area contributed by atoms with E-state index in [4.69, 9.17) is 4.74 Å². The summed E-state index contributed by atoms with van der Waals surface area (Å²) in [5, 5.41) is 15.7. The highest BCUT2D eigenvalue weighted by molar-refractivity contribution is 5.93. The van der Waals surface area contributed by atoms with Crippen molar-refractivity contribution in [3.8, 4) is 11.5 Å². The van der Waals surface area contributed by atoms with Crippen LogP contribution in [-0.2, 0) is 15.8 Å². The van der Waals surface area contributed by atoms with Crippen molar-refractivity contribution in [2.75, 3.05) is 11.9 Å². The van der Waals surface area contributed by atoms with Gasteiger partial charge in [0.2, 0.25) is 11.8 Å². The lowest BCUT2D eigenvalue weighted by atomic mass is 10.2. The Balaban J connectivity index is 1.81. The van der Waals surface area contributed by atoms with Crippen molar-refractivity contribution in [1.82, 2.24) is 5.43 Å². The molecular formula is C20H20F3N3O4. The quantitative estimate of drug-likeness (QED) is 0.446. The van der Waals surface area contributed by atoms with E-state index in [0.29, 0.717) is 12.2 Å². The number of carbonyl (C=O) groups is 2. The lowest BCUT2D eigenvalue weighted by Crippen LogP contribution is -2.20. The Kier molecular flexibility index (Phi) is 7.79. The van der Waals surface area contributed by atoms with Gasteiger partial charge >= 0.3 is 6.18 Å². The molecule has 0 aliphatic carbocycles. The lowest BCUT2D eigenvalue weighted by Gasteiger charge is -2.09. The highest BCUT2D eigenvalue weighted by Gasteiger charge is 2.30. The summed E-state index contributed by atoms with van der Waals surface area (Å²) < 4.78 is 43.3. The Hall–Kier alpha value is -3.56. The number of benzene rings is 2. The van der Waals surface area contributed by atoms with Crippen LogP contribution in [0.4, 0.5) is 18.9 Å². The molecule has 0 bridgehead atoms. The first kappa shape index (κ1) is 22.7. The number of ether oxygens (including phenoxy) is 1. The molecule has 0 heterocycles. The highest BCUT2D eigenvalue weighted by atomic mass is 19.4. The summed E-state index contributed by atoms with van der Waals surface area (Å²) >= 11 is 0. The zero-order chi connectivity index (χ0) is 22.1. The van der Waals surface area contributed by atoms with E-state index >= 15 is 0 Å². The third-order valence-electron chi connectivity index (χ3n) is 3.74. The van der Waals surface area contributed by atoms with Crippen LogP contribution in [0.5, 0.6) is 11.5 Å². The summed E-state index contributed by atoms with van der Waals surface area (Å²) in [4.78, 5) is 23.6. The van der Waals surface area contributed by atoms with E-state index in [9.17, 15) is 27.9 Å². The number of amides is 2. The Morgan fingerprint density at radius 3 is 2.57 bits per heavy atom. The summed E-state index contributed by atoms with van der Waals surface area (Å²) in [5.74, 6) is -0.897.